The number of aliphatic hydroxyl groups is 1. The van der Waals surface area contributed by atoms with Crippen LogP contribution in [0.2, 0.25) is 0 Å². The van der Waals surface area contributed by atoms with Crippen molar-refractivity contribution < 1.29 is 5.11 Å². The Morgan fingerprint density at radius 1 is 1.64 bits per heavy atom. The Labute approximate surface area is 74.2 Å². The second kappa shape index (κ2) is 3.36. The molecular formula is C7H11BrN2O. The van der Waals surface area contributed by atoms with Crippen LogP contribution in [-0.4, -0.2) is 14.9 Å². The lowest BCUT2D eigenvalue weighted by Gasteiger charge is -1.99. The molecule has 0 radical (unpaired) electrons. The van der Waals surface area contributed by atoms with Crippen molar-refractivity contribution in [1.82, 2.24) is 9.78 Å². The van der Waals surface area contributed by atoms with Crippen molar-refractivity contribution in [2.24, 2.45) is 0 Å². The number of aliphatic hydroxyl groups excluding tert-OH is 1. The van der Waals surface area contributed by atoms with E-state index in [9.17, 15) is 0 Å². The maximum absolute atomic E-state index is 8.95. The molecule has 0 aliphatic rings. The molecule has 0 atom stereocenters. The first kappa shape index (κ1) is 8.74. The van der Waals surface area contributed by atoms with E-state index < -0.39 is 0 Å². The molecule has 4 heteroatoms. The molecule has 0 fully saturated rings. The van der Waals surface area contributed by atoms with E-state index in [0.29, 0.717) is 0 Å². The molecule has 0 aliphatic carbocycles. The first-order chi connectivity index (χ1) is 5.20. The quantitative estimate of drug-likeness (QED) is 0.817. The van der Waals surface area contributed by atoms with Crippen LogP contribution in [0.3, 0.4) is 0 Å². The second-order valence-electron chi connectivity index (χ2n) is 2.32. The average Bonchev–Trinajstić information content (AvgIpc) is 2.28. The third kappa shape index (κ3) is 1.46. The van der Waals surface area contributed by atoms with Gasteiger partial charge in [-0.15, -0.1) is 0 Å². The Kier molecular flexibility index (Phi) is 2.67. The monoisotopic (exact) mass is 218 g/mol. The summed E-state index contributed by atoms with van der Waals surface area (Å²) < 4.78 is 2.71. The molecule has 1 aromatic rings. The highest BCUT2D eigenvalue weighted by Gasteiger charge is 2.09. The standard InChI is InChI=1S/C7H11BrN2O/c1-3-10-6(4-11)7(8)5(2)9-10/h11H,3-4H2,1-2H3. The van der Waals surface area contributed by atoms with Crippen LogP contribution in [0.4, 0.5) is 0 Å². The van der Waals surface area contributed by atoms with E-state index >= 15 is 0 Å². The Morgan fingerprint density at radius 2 is 2.27 bits per heavy atom. The molecule has 0 saturated carbocycles. The van der Waals surface area contributed by atoms with Crippen LogP contribution in [0.25, 0.3) is 0 Å². The van der Waals surface area contributed by atoms with Crippen molar-refractivity contribution >= 4 is 15.9 Å². The van der Waals surface area contributed by atoms with Crippen molar-refractivity contribution in [1.29, 1.82) is 0 Å². The van der Waals surface area contributed by atoms with Gasteiger partial charge in [-0.05, 0) is 29.8 Å². The summed E-state index contributed by atoms with van der Waals surface area (Å²) in [5.74, 6) is 0. The molecule has 1 N–H and O–H groups in total. The summed E-state index contributed by atoms with van der Waals surface area (Å²) in [5, 5.41) is 13.2. The number of halogens is 1. The summed E-state index contributed by atoms with van der Waals surface area (Å²) in [6.45, 7) is 4.74. The summed E-state index contributed by atoms with van der Waals surface area (Å²) in [4.78, 5) is 0. The lowest BCUT2D eigenvalue weighted by atomic mass is 10.4. The number of hydrogen-bond donors (Lipinski definition) is 1. The van der Waals surface area contributed by atoms with E-state index in [1.165, 1.54) is 0 Å². The fourth-order valence-electron chi connectivity index (χ4n) is 1.02. The maximum Gasteiger partial charge on any atom is 0.0861 e. The third-order valence-corrected chi connectivity index (χ3v) is 2.63. The van der Waals surface area contributed by atoms with Crippen molar-refractivity contribution in [3.05, 3.63) is 15.9 Å². The molecule has 1 aromatic heterocycles. The zero-order chi connectivity index (χ0) is 8.43. The molecule has 11 heavy (non-hydrogen) atoms. The van der Waals surface area contributed by atoms with Crippen LogP contribution in [0.15, 0.2) is 4.47 Å². The molecule has 62 valence electrons. The van der Waals surface area contributed by atoms with Crippen molar-refractivity contribution in [2.45, 2.75) is 27.0 Å². The molecular weight excluding hydrogens is 208 g/mol. The summed E-state index contributed by atoms with van der Waals surface area (Å²) in [7, 11) is 0. The van der Waals surface area contributed by atoms with Gasteiger partial charge in [0, 0.05) is 6.54 Å². The molecule has 0 unspecified atom stereocenters. The Morgan fingerprint density at radius 3 is 2.64 bits per heavy atom. The van der Waals surface area contributed by atoms with Gasteiger partial charge in [0.25, 0.3) is 0 Å². The van der Waals surface area contributed by atoms with Crippen molar-refractivity contribution in [3.8, 4) is 0 Å². The summed E-state index contributed by atoms with van der Waals surface area (Å²) in [5.41, 5.74) is 1.78. The van der Waals surface area contributed by atoms with Gasteiger partial charge in [-0.2, -0.15) is 5.10 Å². The zero-order valence-electron chi connectivity index (χ0n) is 6.63. The second-order valence-corrected chi connectivity index (χ2v) is 3.11. The van der Waals surface area contributed by atoms with Gasteiger partial charge in [0.05, 0.1) is 22.5 Å². The van der Waals surface area contributed by atoms with E-state index in [2.05, 4.69) is 21.0 Å². The number of rotatable bonds is 2. The predicted octanol–water partition coefficient (Wildman–Crippen LogP) is 1.47. The molecule has 0 saturated heterocycles. The van der Waals surface area contributed by atoms with Crippen LogP contribution < -0.4 is 0 Å². The maximum atomic E-state index is 8.95. The molecule has 0 bridgehead atoms. The highest BCUT2D eigenvalue weighted by atomic mass is 79.9. The number of hydrogen-bond acceptors (Lipinski definition) is 2. The fraction of sp³-hybridized carbons (Fsp3) is 0.571. The minimum Gasteiger partial charge on any atom is -0.390 e. The van der Waals surface area contributed by atoms with Gasteiger partial charge in [-0.3, -0.25) is 4.68 Å². The highest BCUT2D eigenvalue weighted by Crippen LogP contribution is 2.20. The minimum absolute atomic E-state index is 0.0370. The fourth-order valence-corrected chi connectivity index (χ4v) is 1.43. The SMILES string of the molecule is CCn1nc(C)c(Br)c1CO. The molecule has 0 amide bonds. The normalized spacial score (nSPS) is 10.5. The molecule has 0 aromatic carbocycles. The number of aromatic nitrogens is 2. The Bertz CT molecular complexity index is 257. The van der Waals surface area contributed by atoms with Crippen molar-refractivity contribution in [3.63, 3.8) is 0 Å². The predicted molar refractivity (Wildman–Crippen MR) is 46.3 cm³/mol. The summed E-state index contributed by atoms with van der Waals surface area (Å²) >= 11 is 3.36. The number of aryl methyl sites for hydroxylation is 2. The lowest BCUT2D eigenvalue weighted by Crippen LogP contribution is -2.02. The van der Waals surface area contributed by atoms with Crippen molar-refractivity contribution in [2.75, 3.05) is 0 Å². The van der Waals surface area contributed by atoms with Crippen LogP contribution in [0, 0.1) is 6.92 Å². The van der Waals surface area contributed by atoms with E-state index in [4.69, 9.17) is 5.11 Å². The topological polar surface area (TPSA) is 38.0 Å². The van der Waals surface area contributed by atoms with Crippen LogP contribution >= 0.6 is 15.9 Å². The molecule has 1 heterocycles. The van der Waals surface area contributed by atoms with Gasteiger partial charge in [-0.25, -0.2) is 0 Å². The third-order valence-electron chi connectivity index (χ3n) is 1.60. The first-order valence-electron chi connectivity index (χ1n) is 3.53. The van der Waals surface area contributed by atoms with Gasteiger partial charge >= 0.3 is 0 Å². The largest absolute Gasteiger partial charge is 0.390 e. The molecule has 0 spiro atoms. The molecule has 0 aliphatic heterocycles. The van der Waals surface area contributed by atoms with Crippen LogP contribution in [0.5, 0.6) is 0 Å². The summed E-state index contributed by atoms with van der Waals surface area (Å²) in [6.07, 6.45) is 0. The minimum atomic E-state index is 0.0370. The van der Waals surface area contributed by atoms with Gasteiger partial charge in [0.1, 0.15) is 0 Å². The van der Waals surface area contributed by atoms with Crippen LogP contribution in [0.1, 0.15) is 18.3 Å². The van der Waals surface area contributed by atoms with Gasteiger partial charge in [0.15, 0.2) is 0 Å². The van der Waals surface area contributed by atoms with Gasteiger partial charge < -0.3 is 5.11 Å². The molecule has 3 nitrogen and oxygen atoms in total. The van der Waals surface area contributed by atoms with E-state index in [-0.39, 0.29) is 6.61 Å². The first-order valence-corrected chi connectivity index (χ1v) is 4.32. The Balaban J connectivity index is 3.15. The smallest absolute Gasteiger partial charge is 0.0861 e. The summed E-state index contributed by atoms with van der Waals surface area (Å²) in [6, 6.07) is 0. The highest BCUT2D eigenvalue weighted by molar-refractivity contribution is 9.10. The number of nitrogens with zero attached hydrogens (tertiary/aromatic N) is 2. The van der Waals surface area contributed by atoms with E-state index in [1.807, 2.05) is 13.8 Å². The van der Waals surface area contributed by atoms with Gasteiger partial charge in [0.2, 0.25) is 0 Å². The van der Waals surface area contributed by atoms with Crippen LogP contribution in [-0.2, 0) is 13.2 Å². The molecule has 1 rings (SSSR count). The Hall–Kier alpha value is -0.350. The van der Waals surface area contributed by atoms with E-state index in [0.717, 1.165) is 22.4 Å². The zero-order valence-corrected chi connectivity index (χ0v) is 8.22. The van der Waals surface area contributed by atoms with Gasteiger partial charge in [-0.1, -0.05) is 0 Å². The average molecular weight is 219 g/mol. The lowest BCUT2D eigenvalue weighted by molar-refractivity contribution is 0.267. The van der Waals surface area contributed by atoms with E-state index in [1.54, 1.807) is 4.68 Å².